The molecule has 0 aliphatic rings. The molecule has 8 nitrogen and oxygen atoms in total. The normalized spacial score (nSPS) is 11.1. The number of rotatable bonds is 5. The number of aromatic nitrogens is 2. The fourth-order valence-corrected chi connectivity index (χ4v) is 3.06. The summed E-state index contributed by atoms with van der Waals surface area (Å²) in [4.78, 5) is 14.9. The predicted molar refractivity (Wildman–Crippen MR) is 86.3 cm³/mol. The number of nitrogens with zero attached hydrogens (tertiary/aromatic N) is 2. The fourth-order valence-electron chi connectivity index (χ4n) is 1.81. The zero-order valence-electron chi connectivity index (χ0n) is 12.6. The molecule has 2 rings (SSSR count). The fraction of sp³-hybridized carbons (Fsp3) is 0.231. The van der Waals surface area contributed by atoms with Crippen molar-refractivity contribution in [1.29, 1.82) is 0 Å². The summed E-state index contributed by atoms with van der Waals surface area (Å²) in [5, 5.41) is 2.39. The minimum absolute atomic E-state index is 0.0457. The Morgan fingerprint density at radius 2 is 2.09 bits per heavy atom. The number of nitrogens with one attached hydrogen (secondary N) is 2. The molecule has 0 fully saturated rings. The number of carbonyl (C=O) groups is 1. The summed E-state index contributed by atoms with van der Waals surface area (Å²) >= 11 is 5.77. The van der Waals surface area contributed by atoms with E-state index in [-0.39, 0.29) is 21.9 Å². The molecule has 1 amide bonds. The van der Waals surface area contributed by atoms with Crippen molar-refractivity contribution in [2.24, 2.45) is 7.05 Å². The van der Waals surface area contributed by atoms with Crippen LogP contribution in [0.1, 0.15) is 6.92 Å². The van der Waals surface area contributed by atoms with Gasteiger partial charge in [-0.05, 0) is 29.8 Å². The standard InChI is InChI=1S/C13H15ClN4O4S/c1-8(19)15-9-4-5-11(22-3)10(6-9)17-23(20,21)12-7-18(2)13(14)16-12/h4-7,17H,1-3H3,(H,15,19). The quantitative estimate of drug-likeness (QED) is 0.849. The number of carbonyl (C=O) groups excluding carboxylic acids is 1. The molecular weight excluding hydrogens is 344 g/mol. The van der Waals surface area contributed by atoms with Gasteiger partial charge in [0.15, 0.2) is 5.03 Å². The lowest BCUT2D eigenvalue weighted by Crippen LogP contribution is -2.14. The number of amides is 1. The maximum atomic E-state index is 12.4. The highest BCUT2D eigenvalue weighted by Gasteiger charge is 2.21. The van der Waals surface area contributed by atoms with Gasteiger partial charge in [-0.3, -0.25) is 9.52 Å². The zero-order valence-corrected chi connectivity index (χ0v) is 14.2. The molecule has 0 radical (unpaired) electrons. The van der Waals surface area contributed by atoms with Crippen molar-refractivity contribution in [2.45, 2.75) is 11.9 Å². The summed E-state index contributed by atoms with van der Waals surface area (Å²) in [6, 6.07) is 4.58. The van der Waals surface area contributed by atoms with Crippen LogP contribution >= 0.6 is 11.6 Å². The van der Waals surface area contributed by atoms with Crippen LogP contribution in [0.3, 0.4) is 0 Å². The average molecular weight is 359 g/mol. The number of benzene rings is 1. The Morgan fingerprint density at radius 3 is 2.61 bits per heavy atom. The van der Waals surface area contributed by atoms with Gasteiger partial charge in [0.1, 0.15) is 5.75 Å². The number of halogens is 1. The minimum atomic E-state index is -3.95. The number of hydrogen-bond donors (Lipinski definition) is 2. The number of ether oxygens (including phenoxy) is 1. The lowest BCUT2D eigenvalue weighted by atomic mass is 10.2. The Labute approximate surface area is 138 Å². The Balaban J connectivity index is 2.38. The highest BCUT2D eigenvalue weighted by atomic mass is 35.5. The molecule has 0 aliphatic heterocycles. The van der Waals surface area contributed by atoms with Crippen LogP contribution in [-0.4, -0.2) is 31.0 Å². The first-order chi connectivity index (χ1) is 10.7. The summed E-state index contributed by atoms with van der Waals surface area (Å²) in [5.74, 6) is 0.0187. The first kappa shape index (κ1) is 17.1. The molecule has 1 heterocycles. The van der Waals surface area contributed by atoms with E-state index < -0.39 is 10.0 Å². The lowest BCUT2D eigenvalue weighted by Gasteiger charge is -2.12. The van der Waals surface area contributed by atoms with E-state index in [4.69, 9.17) is 16.3 Å². The van der Waals surface area contributed by atoms with Crippen LogP contribution in [0, 0.1) is 0 Å². The number of anilines is 2. The van der Waals surface area contributed by atoms with Gasteiger partial charge < -0.3 is 14.6 Å². The number of hydrogen-bond acceptors (Lipinski definition) is 5. The molecular formula is C13H15ClN4O4S. The average Bonchev–Trinajstić information content (AvgIpc) is 2.79. The first-order valence-electron chi connectivity index (χ1n) is 6.40. The van der Waals surface area contributed by atoms with Crippen LogP contribution in [0.15, 0.2) is 29.4 Å². The van der Waals surface area contributed by atoms with Crippen LogP contribution in [-0.2, 0) is 21.9 Å². The number of sulfonamides is 1. The summed E-state index contributed by atoms with van der Waals surface area (Å²) in [6.07, 6.45) is 1.29. The molecule has 0 aliphatic carbocycles. The molecule has 23 heavy (non-hydrogen) atoms. The van der Waals surface area contributed by atoms with Gasteiger partial charge in [0.25, 0.3) is 10.0 Å². The maximum Gasteiger partial charge on any atom is 0.281 e. The third-order valence-electron chi connectivity index (χ3n) is 2.84. The van der Waals surface area contributed by atoms with Crippen molar-refractivity contribution in [3.05, 3.63) is 29.7 Å². The smallest absolute Gasteiger partial charge is 0.281 e. The van der Waals surface area contributed by atoms with E-state index in [2.05, 4.69) is 15.0 Å². The monoisotopic (exact) mass is 358 g/mol. The summed E-state index contributed by atoms with van der Waals surface area (Å²) < 4.78 is 33.6. The molecule has 2 aromatic rings. The van der Waals surface area contributed by atoms with E-state index in [0.717, 1.165) is 0 Å². The topological polar surface area (TPSA) is 102 Å². The minimum Gasteiger partial charge on any atom is -0.495 e. The van der Waals surface area contributed by atoms with Gasteiger partial charge in [-0.2, -0.15) is 8.42 Å². The summed E-state index contributed by atoms with van der Waals surface area (Å²) in [7, 11) is -0.971. The van der Waals surface area contributed by atoms with Crippen molar-refractivity contribution in [3.63, 3.8) is 0 Å². The second kappa shape index (κ2) is 6.47. The molecule has 0 unspecified atom stereocenters. The van der Waals surface area contributed by atoms with Crippen molar-refractivity contribution >= 4 is 38.9 Å². The third-order valence-corrected chi connectivity index (χ3v) is 4.42. The third kappa shape index (κ3) is 3.93. The molecule has 2 N–H and O–H groups in total. The van der Waals surface area contributed by atoms with Crippen molar-refractivity contribution < 1.29 is 17.9 Å². The number of aryl methyl sites for hydroxylation is 1. The zero-order chi connectivity index (χ0) is 17.2. The Kier molecular flexibility index (Phi) is 4.81. The van der Waals surface area contributed by atoms with Gasteiger partial charge >= 0.3 is 0 Å². The van der Waals surface area contributed by atoms with Gasteiger partial charge in [0, 0.05) is 25.9 Å². The second-order valence-electron chi connectivity index (χ2n) is 4.66. The SMILES string of the molecule is COc1ccc(NC(C)=O)cc1NS(=O)(=O)c1cn(C)c(Cl)n1. The Morgan fingerprint density at radius 1 is 1.39 bits per heavy atom. The molecule has 0 saturated heterocycles. The maximum absolute atomic E-state index is 12.4. The number of methoxy groups -OCH3 is 1. The molecule has 124 valence electrons. The molecule has 0 saturated carbocycles. The molecule has 1 aromatic carbocycles. The predicted octanol–water partition coefficient (Wildman–Crippen LogP) is 1.84. The van der Waals surface area contributed by atoms with Crippen LogP contribution in [0.2, 0.25) is 5.28 Å². The number of imidazole rings is 1. The van der Waals surface area contributed by atoms with E-state index in [1.54, 1.807) is 13.1 Å². The van der Waals surface area contributed by atoms with E-state index >= 15 is 0 Å². The van der Waals surface area contributed by atoms with Gasteiger partial charge in [-0.1, -0.05) is 0 Å². The van der Waals surface area contributed by atoms with Crippen molar-refractivity contribution in [2.75, 3.05) is 17.1 Å². The molecule has 0 bridgehead atoms. The van der Waals surface area contributed by atoms with E-state index in [1.165, 1.54) is 36.9 Å². The largest absolute Gasteiger partial charge is 0.495 e. The molecule has 1 aromatic heterocycles. The van der Waals surface area contributed by atoms with Gasteiger partial charge in [-0.25, -0.2) is 4.98 Å². The first-order valence-corrected chi connectivity index (χ1v) is 8.26. The highest BCUT2D eigenvalue weighted by Crippen LogP contribution is 2.30. The van der Waals surface area contributed by atoms with E-state index in [1.807, 2.05) is 0 Å². The van der Waals surface area contributed by atoms with Gasteiger partial charge in [0.2, 0.25) is 11.2 Å². The van der Waals surface area contributed by atoms with Crippen LogP contribution in [0.5, 0.6) is 5.75 Å². The van der Waals surface area contributed by atoms with Crippen LogP contribution in [0.25, 0.3) is 0 Å². The van der Waals surface area contributed by atoms with Crippen molar-refractivity contribution in [1.82, 2.24) is 9.55 Å². The summed E-state index contributed by atoms with van der Waals surface area (Å²) in [5.41, 5.74) is 0.593. The van der Waals surface area contributed by atoms with Crippen molar-refractivity contribution in [3.8, 4) is 5.75 Å². The molecule has 10 heteroatoms. The van der Waals surface area contributed by atoms with Crippen LogP contribution < -0.4 is 14.8 Å². The van der Waals surface area contributed by atoms with Gasteiger partial charge in [0.05, 0.1) is 12.8 Å². The Hall–Kier alpha value is -2.26. The molecule has 0 atom stereocenters. The second-order valence-corrected chi connectivity index (χ2v) is 6.63. The highest BCUT2D eigenvalue weighted by molar-refractivity contribution is 7.92. The molecule has 0 spiro atoms. The van der Waals surface area contributed by atoms with E-state index in [9.17, 15) is 13.2 Å². The van der Waals surface area contributed by atoms with Crippen LogP contribution in [0.4, 0.5) is 11.4 Å². The Bertz CT molecular complexity index is 828. The van der Waals surface area contributed by atoms with E-state index in [0.29, 0.717) is 11.4 Å². The summed E-state index contributed by atoms with van der Waals surface area (Å²) in [6.45, 7) is 1.35. The lowest BCUT2D eigenvalue weighted by molar-refractivity contribution is -0.114. The van der Waals surface area contributed by atoms with Gasteiger partial charge in [-0.15, -0.1) is 0 Å².